The number of β-lactam (4-membered cyclic amide) rings is 1. The SMILES string of the molecule is CSCNC(=O)NC(C(=O)N[C@H]1C(=O)N2C(C(=O)O)=C(CSc3nnnn3C)CSC12)c1cccs1. The Morgan fingerprint density at radius 2 is 2.17 bits per heavy atom. The van der Waals surface area contributed by atoms with E-state index >= 15 is 0 Å². The second-order valence-electron chi connectivity index (χ2n) is 7.56. The molecule has 2 aliphatic rings. The average Bonchev–Trinajstić information content (AvgIpc) is 3.54. The third kappa shape index (κ3) is 5.47. The highest BCUT2D eigenvalue weighted by Gasteiger charge is 2.54. The largest absolute Gasteiger partial charge is 0.477 e. The first-order valence-corrected chi connectivity index (χ1v) is 14.7. The number of nitrogens with zero attached hydrogens (tertiary/aromatic N) is 5. The van der Waals surface area contributed by atoms with Gasteiger partial charge in [-0.15, -0.1) is 40.0 Å². The Bertz CT molecular complexity index is 1190. The van der Waals surface area contributed by atoms with Crippen LogP contribution in [0.2, 0.25) is 0 Å². The molecule has 2 unspecified atom stereocenters. The normalized spacial score (nSPS) is 19.8. The molecule has 4 rings (SSSR count). The number of nitrogens with one attached hydrogen (secondary N) is 3. The van der Waals surface area contributed by atoms with E-state index in [-0.39, 0.29) is 5.70 Å². The number of hydrogen-bond acceptors (Lipinski definition) is 11. The van der Waals surface area contributed by atoms with Gasteiger partial charge >= 0.3 is 12.0 Å². The Labute approximate surface area is 222 Å². The molecule has 0 spiro atoms. The van der Waals surface area contributed by atoms with Gasteiger partial charge in [-0.1, -0.05) is 17.8 Å². The molecule has 17 heteroatoms. The van der Waals surface area contributed by atoms with Crippen LogP contribution in [0.15, 0.2) is 33.9 Å². The Morgan fingerprint density at radius 3 is 2.81 bits per heavy atom. The van der Waals surface area contributed by atoms with E-state index in [9.17, 15) is 24.3 Å². The number of aromatic nitrogens is 4. The number of carbonyl (C=O) groups is 4. The Kier molecular flexibility index (Phi) is 8.43. The van der Waals surface area contributed by atoms with E-state index in [1.54, 1.807) is 24.6 Å². The predicted molar refractivity (Wildman–Crippen MR) is 136 cm³/mol. The van der Waals surface area contributed by atoms with Gasteiger partial charge in [0.1, 0.15) is 23.2 Å². The quantitative estimate of drug-likeness (QED) is 0.178. The molecule has 2 aromatic heterocycles. The fraction of sp³-hybridized carbons (Fsp3) is 0.421. The minimum absolute atomic E-state index is 0.0822. The second kappa shape index (κ2) is 11.5. The summed E-state index contributed by atoms with van der Waals surface area (Å²) in [5.41, 5.74) is 0.486. The van der Waals surface area contributed by atoms with Gasteiger partial charge in [0.05, 0.1) is 5.88 Å². The van der Waals surface area contributed by atoms with Gasteiger partial charge in [0.15, 0.2) is 0 Å². The fourth-order valence-electron chi connectivity index (χ4n) is 3.57. The zero-order valence-corrected chi connectivity index (χ0v) is 22.3. The standard InChI is InChI=1S/C19H22N8O5S4/c1-26-19(23-24-25-26)36-7-9-6-35-16-12(15(29)27(16)13(9)17(30)31)21-14(28)11(10-4-3-5-34-10)22-18(32)20-8-33-2/h3-5,11-12,16H,6-8H2,1-2H3,(H,21,28)(H,30,31)(H2,20,22,32)/t11?,12-,16?/m0/s1. The van der Waals surface area contributed by atoms with Crippen LogP contribution in [-0.2, 0) is 21.4 Å². The van der Waals surface area contributed by atoms with E-state index in [1.807, 2.05) is 6.26 Å². The first-order chi connectivity index (χ1) is 17.3. The van der Waals surface area contributed by atoms with Crippen molar-refractivity contribution < 1.29 is 24.3 Å². The lowest BCUT2D eigenvalue weighted by atomic mass is 10.0. The highest BCUT2D eigenvalue weighted by molar-refractivity contribution is 8.01. The Hall–Kier alpha value is -2.76. The molecule has 4 amide bonds. The third-order valence-corrected chi connectivity index (χ3v) is 9.05. The second-order valence-corrected chi connectivity index (χ2v) is 11.5. The Balaban J connectivity index is 1.46. The molecule has 2 aromatic rings. The van der Waals surface area contributed by atoms with Gasteiger partial charge < -0.3 is 21.1 Å². The number of tetrazole rings is 1. The maximum absolute atomic E-state index is 13.1. The number of carboxylic acids is 1. The number of thioether (sulfide) groups is 3. The van der Waals surface area contributed by atoms with Gasteiger partial charge in [0, 0.05) is 23.4 Å². The van der Waals surface area contributed by atoms with Gasteiger partial charge in [0.25, 0.3) is 5.91 Å². The van der Waals surface area contributed by atoms with Crippen molar-refractivity contribution in [3.05, 3.63) is 33.7 Å². The van der Waals surface area contributed by atoms with Crippen molar-refractivity contribution in [1.29, 1.82) is 0 Å². The number of aryl methyl sites for hydroxylation is 1. The monoisotopic (exact) mass is 570 g/mol. The van der Waals surface area contributed by atoms with E-state index in [0.717, 1.165) is 0 Å². The number of rotatable bonds is 10. The van der Waals surface area contributed by atoms with Crippen LogP contribution in [0.3, 0.4) is 0 Å². The zero-order valence-electron chi connectivity index (χ0n) is 19.0. The first-order valence-electron chi connectivity index (χ1n) is 10.4. The van der Waals surface area contributed by atoms with E-state index in [2.05, 4.69) is 31.5 Å². The lowest BCUT2D eigenvalue weighted by molar-refractivity contribution is -0.150. The summed E-state index contributed by atoms with van der Waals surface area (Å²) in [6, 6.07) is 1.06. The van der Waals surface area contributed by atoms with Crippen LogP contribution in [0, 0.1) is 0 Å². The van der Waals surface area contributed by atoms with Crippen molar-refractivity contribution in [3.8, 4) is 0 Å². The molecule has 0 aromatic carbocycles. The molecule has 0 saturated carbocycles. The maximum Gasteiger partial charge on any atom is 0.352 e. The molecule has 3 atom stereocenters. The summed E-state index contributed by atoms with van der Waals surface area (Å²) in [6.07, 6.45) is 1.83. The summed E-state index contributed by atoms with van der Waals surface area (Å²) >= 11 is 5.36. The molecule has 36 heavy (non-hydrogen) atoms. The summed E-state index contributed by atoms with van der Waals surface area (Å²) in [4.78, 5) is 52.3. The fourth-order valence-corrected chi connectivity index (χ4v) is 6.95. The van der Waals surface area contributed by atoms with E-state index < -0.39 is 41.3 Å². The number of urea groups is 1. The minimum Gasteiger partial charge on any atom is -0.477 e. The van der Waals surface area contributed by atoms with Gasteiger partial charge in [-0.2, -0.15) is 0 Å². The van der Waals surface area contributed by atoms with Gasteiger partial charge in [0.2, 0.25) is 11.1 Å². The summed E-state index contributed by atoms with van der Waals surface area (Å²) in [5.74, 6) is -1.24. The van der Waals surface area contributed by atoms with Crippen molar-refractivity contribution >= 4 is 70.4 Å². The molecule has 2 aliphatic heterocycles. The lowest BCUT2D eigenvalue weighted by Gasteiger charge is -2.49. The molecule has 1 fully saturated rings. The van der Waals surface area contributed by atoms with Crippen molar-refractivity contribution in [1.82, 2.24) is 41.1 Å². The molecule has 0 bridgehead atoms. The van der Waals surface area contributed by atoms with Crippen LogP contribution in [0.5, 0.6) is 0 Å². The molecule has 4 N–H and O–H groups in total. The van der Waals surface area contributed by atoms with Crippen molar-refractivity contribution in [2.45, 2.75) is 22.6 Å². The van der Waals surface area contributed by atoms with E-state index in [0.29, 0.717) is 33.0 Å². The van der Waals surface area contributed by atoms with Crippen molar-refractivity contribution in [3.63, 3.8) is 0 Å². The van der Waals surface area contributed by atoms with Crippen LogP contribution in [-0.4, -0.2) is 89.1 Å². The van der Waals surface area contributed by atoms with Crippen LogP contribution in [0.4, 0.5) is 4.79 Å². The molecule has 192 valence electrons. The highest BCUT2D eigenvalue weighted by atomic mass is 32.2. The number of fused-ring (bicyclic) bond motifs is 1. The first kappa shape index (κ1) is 26.3. The summed E-state index contributed by atoms with van der Waals surface area (Å²) in [5, 5.41) is 30.8. The summed E-state index contributed by atoms with van der Waals surface area (Å²) in [7, 11) is 1.68. The topological polar surface area (TPSA) is 171 Å². The van der Waals surface area contributed by atoms with Crippen molar-refractivity contribution in [2.75, 3.05) is 23.6 Å². The number of aliphatic carboxylic acids is 1. The smallest absolute Gasteiger partial charge is 0.352 e. The predicted octanol–water partition coefficient (Wildman–Crippen LogP) is 0.463. The molecule has 0 radical (unpaired) electrons. The zero-order chi connectivity index (χ0) is 25.8. The summed E-state index contributed by atoms with van der Waals surface area (Å²) in [6.45, 7) is 0. The number of thiophene rings is 1. The molecule has 13 nitrogen and oxygen atoms in total. The number of amides is 4. The van der Waals surface area contributed by atoms with Crippen LogP contribution in [0.1, 0.15) is 10.9 Å². The summed E-state index contributed by atoms with van der Waals surface area (Å²) < 4.78 is 1.48. The molecular weight excluding hydrogens is 549 g/mol. The van der Waals surface area contributed by atoms with E-state index in [4.69, 9.17) is 0 Å². The molecular formula is C19H22N8O5S4. The van der Waals surface area contributed by atoms with Crippen LogP contribution in [0.25, 0.3) is 0 Å². The Morgan fingerprint density at radius 1 is 1.36 bits per heavy atom. The lowest BCUT2D eigenvalue weighted by Crippen LogP contribution is -2.71. The van der Waals surface area contributed by atoms with Gasteiger partial charge in [-0.25, -0.2) is 14.3 Å². The molecule has 0 aliphatic carbocycles. The van der Waals surface area contributed by atoms with Crippen molar-refractivity contribution in [2.24, 2.45) is 7.05 Å². The van der Waals surface area contributed by atoms with E-state index in [1.165, 1.54) is 56.2 Å². The van der Waals surface area contributed by atoms with Gasteiger partial charge in [-0.3, -0.25) is 14.5 Å². The number of carboxylic acid groups (broad SMARTS) is 1. The maximum atomic E-state index is 13.1. The molecule has 1 saturated heterocycles. The minimum atomic E-state index is -1.21. The third-order valence-electron chi connectivity index (χ3n) is 5.25. The highest BCUT2D eigenvalue weighted by Crippen LogP contribution is 2.41. The van der Waals surface area contributed by atoms with Crippen LogP contribution < -0.4 is 16.0 Å². The number of carbonyl (C=O) groups excluding carboxylic acids is 3. The van der Waals surface area contributed by atoms with Crippen LogP contribution >= 0.6 is 46.6 Å². The molecule has 4 heterocycles. The van der Waals surface area contributed by atoms with Gasteiger partial charge in [-0.05, 0) is 33.7 Å². The average molecular weight is 571 g/mol. The number of hydrogen-bond donors (Lipinski definition) is 4.